The zero-order chi connectivity index (χ0) is 11.4. The molecule has 1 saturated heterocycles. The SMILES string of the molecule is Cc1csc(C(C)NCC2COCCN2)n1. The molecule has 1 fully saturated rings. The number of rotatable bonds is 4. The van der Waals surface area contributed by atoms with Gasteiger partial charge in [0.05, 0.1) is 19.3 Å². The predicted molar refractivity (Wildman–Crippen MR) is 65.9 cm³/mol. The summed E-state index contributed by atoms with van der Waals surface area (Å²) in [5.74, 6) is 0. The zero-order valence-electron chi connectivity index (χ0n) is 9.82. The van der Waals surface area contributed by atoms with Gasteiger partial charge in [0.15, 0.2) is 0 Å². The fourth-order valence-electron chi connectivity index (χ4n) is 1.73. The Bertz CT molecular complexity index is 323. The summed E-state index contributed by atoms with van der Waals surface area (Å²) in [4.78, 5) is 4.48. The molecular formula is C11H19N3OS. The number of morpholine rings is 1. The van der Waals surface area contributed by atoms with E-state index >= 15 is 0 Å². The van der Waals surface area contributed by atoms with Crippen LogP contribution in [0.2, 0.25) is 0 Å². The van der Waals surface area contributed by atoms with Crippen LogP contribution in [0.1, 0.15) is 23.7 Å². The van der Waals surface area contributed by atoms with Gasteiger partial charge in [-0.2, -0.15) is 0 Å². The largest absolute Gasteiger partial charge is 0.378 e. The molecule has 0 saturated carbocycles. The first-order chi connectivity index (χ1) is 7.75. The number of hydrogen-bond donors (Lipinski definition) is 2. The number of hydrogen-bond acceptors (Lipinski definition) is 5. The van der Waals surface area contributed by atoms with Gasteiger partial charge in [-0.3, -0.25) is 0 Å². The first kappa shape index (κ1) is 12.0. The molecule has 2 N–H and O–H groups in total. The van der Waals surface area contributed by atoms with E-state index in [-0.39, 0.29) is 0 Å². The molecule has 1 aliphatic heterocycles. The molecule has 90 valence electrons. The van der Waals surface area contributed by atoms with Crippen molar-refractivity contribution >= 4 is 11.3 Å². The molecule has 2 unspecified atom stereocenters. The van der Waals surface area contributed by atoms with Crippen molar-refractivity contribution in [1.29, 1.82) is 0 Å². The average molecular weight is 241 g/mol. The molecule has 1 aromatic heterocycles. The molecule has 0 bridgehead atoms. The van der Waals surface area contributed by atoms with Crippen LogP contribution in [0.4, 0.5) is 0 Å². The summed E-state index contributed by atoms with van der Waals surface area (Å²) in [5.41, 5.74) is 1.10. The third kappa shape index (κ3) is 3.25. The van der Waals surface area contributed by atoms with Crippen molar-refractivity contribution in [2.75, 3.05) is 26.3 Å². The van der Waals surface area contributed by atoms with E-state index in [0.29, 0.717) is 12.1 Å². The Labute approximate surface area is 100 Å². The number of aromatic nitrogens is 1. The van der Waals surface area contributed by atoms with Crippen molar-refractivity contribution in [3.63, 3.8) is 0 Å². The van der Waals surface area contributed by atoms with Crippen molar-refractivity contribution in [2.45, 2.75) is 25.9 Å². The maximum absolute atomic E-state index is 5.41. The summed E-state index contributed by atoms with van der Waals surface area (Å²) < 4.78 is 5.41. The van der Waals surface area contributed by atoms with Gasteiger partial charge in [0, 0.05) is 30.2 Å². The topological polar surface area (TPSA) is 46.2 Å². The van der Waals surface area contributed by atoms with Gasteiger partial charge in [-0.15, -0.1) is 11.3 Å². The van der Waals surface area contributed by atoms with E-state index < -0.39 is 0 Å². The highest BCUT2D eigenvalue weighted by Gasteiger charge is 2.15. The summed E-state index contributed by atoms with van der Waals surface area (Å²) in [6.07, 6.45) is 0. The lowest BCUT2D eigenvalue weighted by Gasteiger charge is -2.25. The van der Waals surface area contributed by atoms with Crippen LogP contribution in [0.3, 0.4) is 0 Å². The van der Waals surface area contributed by atoms with E-state index in [2.05, 4.69) is 27.9 Å². The minimum atomic E-state index is 0.322. The summed E-state index contributed by atoms with van der Waals surface area (Å²) in [5, 5.41) is 10.2. The van der Waals surface area contributed by atoms with Crippen molar-refractivity contribution in [2.24, 2.45) is 0 Å². The molecule has 4 nitrogen and oxygen atoms in total. The van der Waals surface area contributed by atoms with Crippen LogP contribution in [0, 0.1) is 6.92 Å². The van der Waals surface area contributed by atoms with E-state index in [4.69, 9.17) is 4.74 Å². The standard InChI is InChI=1S/C11H19N3OS/c1-8-7-16-11(14-8)9(2)13-5-10-6-15-4-3-12-10/h7,9-10,12-13H,3-6H2,1-2H3. The highest BCUT2D eigenvalue weighted by molar-refractivity contribution is 7.09. The lowest BCUT2D eigenvalue weighted by molar-refractivity contribution is 0.0760. The molecule has 16 heavy (non-hydrogen) atoms. The van der Waals surface area contributed by atoms with E-state index in [1.165, 1.54) is 0 Å². The zero-order valence-corrected chi connectivity index (χ0v) is 10.6. The molecule has 1 aromatic rings. The van der Waals surface area contributed by atoms with Crippen molar-refractivity contribution < 1.29 is 4.74 Å². The minimum absolute atomic E-state index is 0.322. The summed E-state index contributed by atoms with van der Waals surface area (Å²) in [6.45, 7) is 7.70. The lowest BCUT2D eigenvalue weighted by Crippen LogP contribution is -2.47. The average Bonchev–Trinajstić information content (AvgIpc) is 2.74. The second-order valence-corrected chi connectivity index (χ2v) is 5.07. The monoisotopic (exact) mass is 241 g/mol. The Hall–Kier alpha value is -0.490. The highest BCUT2D eigenvalue weighted by atomic mass is 32.1. The maximum atomic E-state index is 5.41. The van der Waals surface area contributed by atoms with Crippen LogP contribution in [0.25, 0.3) is 0 Å². The van der Waals surface area contributed by atoms with Crippen LogP contribution in [0.15, 0.2) is 5.38 Å². The van der Waals surface area contributed by atoms with Crippen molar-refractivity contribution in [1.82, 2.24) is 15.6 Å². The summed E-state index contributed by atoms with van der Waals surface area (Å²) in [7, 11) is 0. The number of nitrogens with zero attached hydrogens (tertiary/aromatic N) is 1. The molecule has 2 rings (SSSR count). The second kappa shape index (κ2) is 5.72. The highest BCUT2D eigenvalue weighted by Crippen LogP contribution is 2.17. The van der Waals surface area contributed by atoms with Crippen LogP contribution in [-0.2, 0) is 4.74 Å². The van der Waals surface area contributed by atoms with Gasteiger partial charge in [0.25, 0.3) is 0 Å². The van der Waals surface area contributed by atoms with Gasteiger partial charge in [-0.1, -0.05) is 0 Å². The van der Waals surface area contributed by atoms with Crippen LogP contribution >= 0.6 is 11.3 Å². The normalized spacial score (nSPS) is 23.2. The lowest BCUT2D eigenvalue weighted by atomic mass is 10.2. The molecule has 1 aliphatic rings. The molecule has 2 heterocycles. The molecular weight excluding hydrogens is 222 g/mol. The van der Waals surface area contributed by atoms with Crippen LogP contribution in [0.5, 0.6) is 0 Å². The van der Waals surface area contributed by atoms with Crippen molar-refractivity contribution in [3.05, 3.63) is 16.1 Å². The van der Waals surface area contributed by atoms with Crippen LogP contribution < -0.4 is 10.6 Å². The molecule has 0 amide bonds. The molecule has 0 radical (unpaired) electrons. The van der Waals surface area contributed by atoms with Gasteiger partial charge in [0.1, 0.15) is 5.01 Å². The van der Waals surface area contributed by atoms with Gasteiger partial charge < -0.3 is 15.4 Å². The molecule has 0 aliphatic carbocycles. The second-order valence-electron chi connectivity index (χ2n) is 4.18. The summed E-state index contributed by atoms with van der Waals surface area (Å²) in [6, 6.07) is 0.750. The molecule has 2 atom stereocenters. The Kier molecular flexibility index (Phi) is 4.29. The quantitative estimate of drug-likeness (QED) is 0.828. The van der Waals surface area contributed by atoms with E-state index in [0.717, 1.165) is 37.0 Å². The Morgan fingerprint density at radius 1 is 1.75 bits per heavy atom. The Balaban J connectivity index is 1.76. The Morgan fingerprint density at radius 2 is 2.62 bits per heavy atom. The summed E-state index contributed by atoms with van der Waals surface area (Å²) >= 11 is 1.72. The first-order valence-corrected chi connectivity index (χ1v) is 6.60. The number of nitrogens with one attached hydrogen (secondary N) is 2. The fraction of sp³-hybridized carbons (Fsp3) is 0.727. The van der Waals surface area contributed by atoms with Gasteiger partial charge in [0.2, 0.25) is 0 Å². The van der Waals surface area contributed by atoms with E-state index in [1.807, 2.05) is 6.92 Å². The Morgan fingerprint density at radius 3 is 3.25 bits per heavy atom. The number of ether oxygens (including phenoxy) is 1. The predicted octanol–water partition coefficient (Wildman–Crippen LogP) is 1.09. The van der Waals surface area contributed by atoms with Gasteiger partial charge in [-0.25, -0.2) is 4.98 Å². The first-order valence-electron chi connectivity index (χ1n) is 5.72. The third-order valence-electron chi connectivity index (χ3n) is 2.68. The maximum Gasteiger partial charge on any atom is 0.110 e. The van der Waals surface area contributed by atoms with Gasteiger partial charge in [-0.05, 0) is 13.8 Å². The number of aryl methyl sites for hydroxylation is 1. The van der Waals surface area contributed by atoms with E-state index in [1.54, 1.807) is 11.3 Å². The van der Waals surface area contributed by atoms with Gasteiger partial charge >= 0.3 is 0 Å². The van der Waals surface area contributed by atoms with Crippen LogP contribution in [-0.4, -0.2) is 37.3 Å². The minimum Gasteiger partial charge on any atom is -0.378 e. The molecule has 5 heteroatoms. The number of thiazole rings is 1. The fourth-order valence-corrected chi connectivity index (χ4v) is 2.56. The van der Waals surface area contributed by atoms with E-state index in [9.17, 15) is 0 Å². The smallest absolute Gasteiger partial charge is 0.110 e. The molecule has 0 spiro atoms. The van der Waals surface area contributed by atoms with Crippen molar-refractivity contribution in [3.8, 4) is 0 Å². The molecule has 0 aromatic carbocycles. The third-order valence-corrected chi connectivity index (χ3v) is 3.82.